The van der Waals surface area contributed by atoms with Crippen LogP contribution in [0.4, 0.5) is 0 Å². The van der Waals surface area contributed by atoms with Crippen LogP contribution in [0.15, 0.2) is 47.3 Å². The lowest BCUT2D eigenvalue weighted by molar-refractivity contribution is -0.141. The molecule has 24 heavy (non-hydrogen) atoms. The Balaban J connectivity index is 2.41. The highest BCUT2D eigenvalue weighted by Crippen LogP contribution is 2.24. The number of benzene rings is 2. The van der Waals surface area contributed by atoms with Crippen LogP contribution in [0.1, 0.15) is 10.4 Å². The van der Waals surface area contributed by atoms with E-state index in [1.165, 1.54) is 18.8 Å². The highest BCUT2D eigenvalue weighted by molar-refractivity contribution is 6.08. The van der Waals surface area contributed by atoms with Crippen LogP contribution in [0.3, 0.4) is 0 Å². The number of carbonyl (C=O) groups is 2. The molecule has 0 bridgehead atoms. The van der Waals surface area contributed by atoms with Crippen molar-refractivity contribution >= 4 is 33.6 Å². The molecule has 2 aromatic carbocycles. The average Bonchev–Trinajstić information content (AvgIpc) is 2.63. The fourth-order valence-electron chi connectivity index (χ4n) is 2.74. The number of nitrogens with zero attached hydrogens (tertiary/aromatic N) is 1. The minimum atomic E-state index is -0.522. The number of esters is 2. The number of pyridine rings is 1. The maximum atomic E-state index is 12.7. The number of hydrogen-bond acceptors (Lipinski definition) is 5. The Kier molecular flexibility index (Phi) is 4.04. The van der Waals surface area contributed by atoms with Crippen molar-refractivity contribution in [3.63, 3.8) is 0 Å². The second-order valence-corrected chi connectivity index (χ2v) is 5.24. The van der Waals surface area contributed by atoms with E-state index in [-0.39, 0.29) is 12.1 Å². The smallest absolute Gasteiger partial charge is 0.337 e. The van der Waals surface area contributed by atoms with Crippen LogP contribution >= 0.6 is 0 Å². The topological polar surface area (TPSA) is 74.6 Å². The molecule has 0 N–H and O–H groups in total. The number of methoxy groups -OCH3 is 2. The van der Waals surface area contributed by atoms with Crippen molar-refractivity contribution < 1.29 is 19.1 Å². The van der Waals surface area contributed by atoms with E-state index >= 15 is 0 Å². The van der Waals surface area contributed by atoms with Crippen molar-refractivity contribution in [3.05, 3.63) is 58.4 Å². The minimum absolute atomic E-state index is 0.200. The molecule has 6 heteroatoms. The molecule has 1 aromatic heterocycles. The maximum absolute atomic E-state index is 12.7. The van der Waals surface area contributed by atoms with E-state index in [1.54, 1.807) is 30.3 Å². The Hall–Kier alpha value is -3.15. The average molecular weight is 325 g/mol. The Morgan fingerprint density at radius 2 is 1.67 bits per heavy atom. The molecule has 1 heterocycles. The third-order valence-electron chi connectivity index (χ3n) is 3.92. The van der Waals surface area contributed by atoms with Gasteiger partial charge in [-0.15, -0.1) is 0 Å². The molecule has 0 spiro atoms. The van der Waals surface area contributed by atoms with Gasteiger partial charge < -0.3 is 9.47 Å². The molecule has 0 unspecified atom stereocenters. The zero-order chi connectivity index (χ0) is 17.3. The van der Waals surface area contributed by atoms with Gasteiger partial charge in [-0.2, -0.15) is 0 Å². The summed E-state index contributed by atoms with van der Waals surface area (Å²) in [5, 5.41) is 1.87. The standard InChI is InChI=1S/C18H15NO5/c1-23-16(20)10-19-15-8-7-11(18(22)24-2)9-14(15)12-5-3-4-6-13(12)17(19)21/h3-9H,10H2,1-2H3. The Morgan fingerprint density at radius 3 is 2.33 bits per heavy atom. The van der Waals surface area contributed by atoms with Crippen molar-refractivity contribution in [1.29, 1.82) is 0 Å². The molecule has 122 valence electrons. The number of ether oxygens (including phenoxy) is 2. The van der Waals surface area contributed by atoms with Crippen molar-refractivity contribution in [1.82, 2.24) is 4.57 Å². The molecule has 0 aliphatic heterocycles. The van der Waals surface area contributed by atoms with E-state index in [0.717, 1.165) is 0 Å². The Morgan fingerprint density at radius 1 is 0.958 bits per heavy atom. The normalized spacial score (nSPS) is 10.8. The summed E-state index contributed by atoms with van der Waals surface area (Å²) in [6.07, 6.45) is 0. The second-order valence-electron chi connectivity index (χ2n) is 5.24. The van der Waals surface area contributed by atoms with E-state index in [1.807, 2.05) is 12.1 Å². The predicted octanol–water partition coefficient (Wildman–Crippen LogP) is 2.11. The first-order valence-electron chi connectivity index (χ1n) is 7.27. The molecule has 0 saturated heterocycles. The van der Waals surface area contributed by atoms with Crippen molar-refractivity contribution in [2.75, 3.05) is 14.2 Å². The highest BCUT2D eigenvalue weighted by Gasteiger charge is 2.15. The van der Waals surface area contributed by atoms with E-state index in [9.17, 15) is 14.4 Å². The van der Waals surface area contributed by atoms with Gasteiger partial charge in [-0.05, 0) is 29.7 Å². The summed E-state index contributed by atoms with van der Waals surface area (Å²) >= 11 is 0. The van der Waals surface area contributed by atoms with E-state index < -0.39 is 11.9 Å². The predicted molar refractivity (Wildman–Crippen MR) is 89.1 cm³/mol. The summed E-state index contributed by atoms with van der Waals surface area (Å²) in [4.78, 5) is 36.2. The molecular weight excluding hydrogens is 310 g/mol. The summed E-state index contributed by atoms with van der Waals surface area (Å²) in [5.41, 5.74) is 0.643. The second kappa shape index (κ2) is 6.16. The van der Waals surface area contributed by atoms with Crippen molar-refractivity contribution in [2.24, 2.45) is 0 Å². The van der Waals surface area contributed by atoms with Crippen LogP contribution in [0, 0.1) is 0 Å². The van der Waals surface area contributed by atoms with Crippen LogP contribution in [0.25, 0.3) is 21.7 Å². The SMILES string of the molecule is COC(=O)Cn1c(=O)c2ccccc2c2cc(C(=O)OC)ccc21. The Labute approximate surface area is 137 Å². The first kappa shape index (κ1) is 15.7. The molecule has 0 amide bonds. The third-order valence-corrected chi connectivity index (χ3v) is 3.92. The fourth-order valence-corrected chi connectivity index (χ4v) is 2.74. The number of carbonyl (C=O) groups excluding carboxylic acids is 2. The third kappa shape index (κ3) is 2.52. The van der Waals surface area contributed by atoms with E-state index in [4.69, 9.17) is 4.74 Å². The summed E-state index contributed by atoms with van der Waals surface area (Å²) in [6, 6.07) is 11.9. The molecule has 0 aliphatic carbocycles. The van der Waals surface area contributed by atoms with E-state index in [0.29, 0.717) is 27.2 Å². The van der Waals surface area contributed by atoms with Crippen LogP contribution in [0.5, 0.6) is 0 Å². The minimum Gasteiger partial charge on any atom is -0.468 e. The number of fused-ring (bicyclic) bond motifs is 3. The molecule has 3 aromatic rings. The summed E-state index contributed by atoms with van der Waals surface area (Å²) < 4.78 is 10.8. The largest absolute Gasteiger partial charge is 0.468 e. The van der Waals surface area contributed by atoms with Crippen molar-refractivity contribution in [3.8, 4) is 0 Å². The highest BCUT2D eigenvalue weighted by atomic mass is 16.5. The molecule has 0 fully saturated rings. The van der Waals surface area contributed by atoms with Gasteiger partial charge in [0.05, 0.1) is 25.3 Å². The summed E-state index contributed by atoms with van der Waals surface area (Å²) in [6.45, 7) is -0.200. The van der Waals surface area contributed by atoms with Crippen LogP contribution in [-0.2, 0) is 20.8 Å². The van der Waals surface area contributed by atoms with Crippen molar-refractivity contribution in [2.45, 2.75) is 6.54 Å². The molecule has 0 atom stereocenters. The molecule has 0 aliphatic rings. The first-order chi connectivity index (χ1) is 11.6. The fraction of sp³-hybridized carbons (Fsp3) is 0.167. The van der Waals surface area contributed by atoms with Gasteiger partial charge in [-0.25, -0.2) is 4.79 Å². The van der Waals surface area contributed by atoms with Gasteiger partial charge in [0.2, 0.25) is 0 Å². The first-order valence-corrected chi connectivity index (χ1v) is 7.27. The van der Waals surface area contributed by atoms with Crippen LogP contribution in [0.2, 0.25) is 0 Å². The quantitative estimate of drug-likeness (QED) is 0.545. The van der Waals surface area contributed by atoms with Gasteiger partial charge >= 0.3 is 11.9 Å². The zero-order valence-corrected chi connectivity index (χ0v) is 13.2. The molecular formula is C18H15NO5. The molecule has 3 rings (SSSR count). The molecule has 6 nitrogen and oxygen atoms in total. The van der Waals surface area contributed by atoms with Crippen LogP contribution in [-0.4, -0.2) is 30.7 Å². The van der Waals surface area contributed by atoms with Crippen LogP contribution < -0.4 is 5.56 Å². The lowest BCUT2D eigenvalue weighted by Gasteiger charge is -2.13. The lowest BCUT2D eigenvalue weighted by Crippen LogP contribution is -2.25. The summed E-state index contributed by atoms with van der Waals surface area (Å²) in [5.74, 6) is -0.988. The zero-order valence-electron chi connectivity index (χ0n) is 13.2. The van der Waals surface area contributed by atoms with E-state index in [2.05, 4.69) is 4.74 Å². The van der Waals surface area contributed by atoms with Gasteiger partial charge in [0.25, 0.3) is 5.56 Å². The van der Waals surface area contributed by atoms with Gasteiger partial charge in [-0.3, -0.25) is 14.2 Å². The van der Waals surface area contributed by atoms with Gasteiger partial charge in [0, 0.05) is 10.8 Å². The number of rotatable bonds is 3. The number of aromatic nitrogens is 1. The van der Waals surface area contributed by atoms with Gasteiger partial charge in [0.15, 0.2) is 0 Å². The molecule has 0 radical (unpaired) electrons. The Bertz CT molecular complexity index is 1020. The monoisotopic (exact) mass is 325 g/mol. The number of hydrogen-bond donors (Lipinski definition) is 0. The lowest BCUT2D eigenvalue weighted by atomic mass is 10.0. The maximum Gasteiger partial charge on any atom is 0.337 e. The molecule has 0 saturated carbocycles. The summed E-state index contributed by atoms with van der Waals surface area (Å²) in [7, 11) is 2.58. The van der Waals surface area contributed by atoms with Gasteiger partial charge in [-0.1, -0.05) is 18.2 Å². The van der Waals surface area contributed by atoms with Gasteiger partial charge in [0.1, 0.15) is 6.54 Å².